The average Bonchev–Trinajstić information content (AvgIpc) is 2.36. The summed E-state index contributed by atoms with van der Waals surface area (Å²) in [5.74, 6) is 0.283. The molecular formula is C13H26N2O2. The number of nitrogens with one attached hydrogen (secondary N) is 1. The highest BCUT2D eigenvalue weighted by molar-refractivity contribution is 5.83. The second-order valence-corrected chi connectivity index (χ2v) is 4.85. The van der Waals surface area contributed by atoms with Crippen molar-refractivity contribution in [2.45, 2.75) is 33.1 Å². The summed E-state index contributed by atoms with van der Waals surface area (Å²) < 4.78 is 5.30. The minimum absolute atomic E-state index is 0.283. The van der Waals surface area contributed by atoms with Crippen molar-refractivity contribution < 1.29 is 9.53 Å². The zero-order valence-electron chi connectivity index (χ0n) is 11.4. The first-order valence-electron chi connectivity index (χ1n) is 6.69. The third-order valence-electron chi connectivity index (χ3n) is 3.60. The molecule has 0 aliphatic carbocycles. The van der Waals surface area contributed by atoms with Crippen LogP contribution in [0.3, 0.4) is 0 Å². The van der Waals surface area contributed by atoms with Crippen molar-refractivity contribution in [2.75, 3.05) is 39.9 Å². The fourth-order valence-electron chi connectivity index (χ4n) is 2.61. The predicted molar refractivity (Wildman–Crippen MR) is 69.0 cm³/mol. The van der Waals surface area contributed by atoms with E-state index in [0.29, 0.717) is 6.61 Å². The van der Waals surface area contributed by atoms with Crippen molar-refractivity contribution in [1.82, 2.24) is 10.2 Å². The normalized spacial score (nSPS) is 19.0. The minimum atomic E-state index is -0.287. The second-order valence-electron chi connectivity index (χ2n) is 4.85. The summed E-state index contributed by atoms with van der Waals surface area (Å²) >= 11 is 0. The summed E-state index contributed by atoms with van der Waals surface area (Å²) in [4.78, 5) is 14.6. The molecular weight excluding hydrogens is 216 g/mol. The molecule has 1 aliphatic heterocycles. The number of rotatable bonds is 6. The van der Waals surface area contributed by atoms with Gasteiger partial charge < -0.3 is 15.0 Å². The maximum atomic E-state index is 12.6. The molecule has 0 aromatic rings. The Kier molecular flexibility index (Phi) is 5.92. The standard InChI is InChI=1S/C13H26N2O2/c1-4-10-15(5-2)12(16)13(11-17-3)6-8-14-9-7-13/h14H,4-11H2,1-3H3. The van der Waals surface area contributed by atoms with Crippen molar-refractivity contribution >= 4 is 5.91 Å². The van der Waals surface area contributed by atoms with Crippen molar-refractivity contribution in [3.8, 4) is 0 Å². The smallest absolute Gasteiger partial charge is 0.231 e. The zero-order chi connectivity index (χ0) is 12.7. The van der Waals surface area contributed by atoms with Crippen LogP contribution < -0.4 is 5.32 Å². The molecule has 1 N–H and O–H groups in total. The molecule has 0 aromatic carbocycles. The highest BCUT2D eigenvalue weighted by Gasteiger charge is 2.41. The summed E-state index contributed by atoms with van der Waals surface area (Å²) in [7, 11) is 1.69. The molecule has 0 saturated carbocycles. The van der Waals surface area contributed by atoms with Crippen LogP contribution in [0, 0.1) is 5.41 Å². The Bertz CT molecular complexity index is 232. The Labute approximate surface area is 105 Å². The largest absolute Gasteiger partial charge is 0.384 e. The molecule has 1 saturated heterocycles. The maximum absolute atomic E-state index is 12.6. The zero-order valence-corrected chi connectivity index (χ0v) is 11.4. The van der Waals surface area contributed by atoms with E-state index in [1.807, 2.05) is 4.90 Å². The highest BCUT2D eigenvalue weighted by atomic mass is 16.5. The highest BCUT2D eigenvalue weighted by Crippen LogP contribution is 2.31. The third kappa shape index (κ3) is 3.42. The Morgan fingerprint density at radius 2 is 2.00 bits per heavy atom. The van der Waals surface area contributed by atoms with E-state index < -0.39 is 0 Å². The molecule has 17 heavy (non-hydrogen) atoms. The molecule has 4 heteroatoms. The lowest BCUT2D eigenvalue weighted by Crippen LogP contribution is -2.51. The lowest BCUT2D eigenvalue weighted by Gasteiger charge is -2.39. The van der Waals surface area contributed by atoms with Gasteiger partial charge in [0.25, 0.3) is 0 Å². The molecule has 100 valence electrons. The van der Waals surface area contributed by atoms with E-state index in [9.17, 15) is 4.79 Å². The third-order valence-corrected chi connectivity index (χ3v) is 3.60. The second kappa shape index (κ2) is 6.97. The number of piperidine rings is 1. The summed E-state index contributed by atoms with van der Waals surface area (Å²) in [5, 5.41) is 3.32. The van der Waals surface area contributed by atoms with Crippen LogP contribution in [0.25, 0.3) is 0 Å². The van der Waals surface area contributed by atoms with Gasteiger partial charge in [-0.25, -0.2) is 0 Å². The van der Waals surface area contributed by atoms with E-state index in [1.165, 1.54) is 0 Å². The molecule has 1 aliphatic rings. The number of hydrogen-bond acceptors (Lipinski definition) is 3. The number of carbonyl (C=O) groups is 1. The van der Waals surface area contributed by atoms with Crippen LogP contribution in [0.4, 0.5) is 0 Å². The molecule has 0 radical (unpaired) electrons. The van der Waals surface area contributed by atoms with Gasteiger partial charge in [-0.15, -0.1) is 0 Å². The van der Waals surface area contributed by atoms with Gasteiger partial charge in [-0.2, -0.15) is 0 Å². The fourth-order valence-corrected chi connectivity index (χ4v) is 2.61. The van der Waals surface area contributed by atoms with E-state index in [2.05, 4.69) is 19.2 Å². The molecule has 1 fully saturated rings. The summed E-state index contributed by atoms with van der Waals surface area (Å²) in [6.45, 7) is 8.20. The number of hydrogen-bond donors (Lipinski definition) is 1. The monoisotopic (exact) mass is 242 g/mol. The van der Waals surface area contributed by atoms with Crippen molar-refractivity contribution in [1.29, 1.82) is 0 Å². The van der Waals surface area contributed by atoms with Crippen LogP contribution in [-0.2, 0) is 9.53 Å². The number of amides is 1. The van der Waals surface area contributed by atoms with Gasteiger partial charge in [-0.3, -0.25) is 4.79 Å². The molecule has 0 atom stereocenters. The Hall–Kier alpha value is -0.610. The molecule has 1 amide bonds. The topological polar surface area (TPSA) is 41.6 Å². The Morgan fingerprint density at radius 3 is 2.47 bits per heavy atom. The van der Waals surface area contributed by atoms with Gasteiger partial charge in [0.2, 0.25) is 5.91 Å². The molecule has 0 bridgehead atoms. The first kappa shape index (κ1) is 14.5. The van der Waals surface area contributed by atoms with E-state index in [1.54, 1.807) is 7.11 Å². The lowest BCUT2D eigenvalue weighted by atomic mass is 9.78. The minimum Gasteiger partial charge on any atom is -0.384 e. The molecule has 0 spiro atoms. The van der Waals surface area contributed by atoms with Gasteiger partial charge in [0.05, 0.1) is 12.0 Å². The summed E-state index contributed by atoms with van der Waals surface area (Å²) in [5.41, 5.74) is -0.287. The maximum Gasteiger partial charge on any atom is 0.231 e. The number of nitrogens with zero attached hydrogens (tertiary/aromatic N) is 1. The van der Waals surface area contributed by atoms with E-state index >= 15 is 0 Å². The van der Waals surface area contributed by atoms with Crippen molar-refractivity contribution in [3.63, 3.8) is 0 Å². The van der Waals surface area contributed by atoms with E-state index in [4.69, 9.17) is 4.74 Å². The van der Waals surface area contributed by atoms with Gasteiger partial charge in [0.1, 0.15) is 0 Å². The average molecular weight is 242 g/mol. The lowest BCUT2D eigenvalue weighted by molar-refractivity contribution is -0.147. The van der Waals surface area contributed by atoms with E-state index in [-0.39, 0.29) is 11.3 Å². The van der Waals surface area contributed by atoms with Crippen molar-refractivity contribution in [2.24, 2.45) is 5.41 Å². The van der Waals surface area contributed by atoms with Crippen molar-refractivity contribution in [3.05, 3.63) is 0 Å². The SMILES string of the molecule is CCCN(CC)C(=O)C1(COC)CCNCC1. The number of carbonyl (C=O) groups excluding carboxylic acids is 1. The first-order valence-corrected chi connectivity index (χ1v) is 6.69. The van der Waals surface area contributed by atoms with Crippen LogP contribution in [-0.4, -0.2) is 50.7 Å². The van der Waals surface area contributed by atoms with Gasteiger partial charge in [0.15, 0.2) is 0 Å². The molecule has 0 unspecified atom stereocenters. The number of methoxy groups -OCH3 is 1. The summed E-state index contributed by atoms with van der Waals surface area (Å²) in [6.07, 6.45) is 2.79. The predicted octanol–water partition coefficient (Wildman–Crippen LogP) is 1.26. The van der Waals surface area contributed by atoms with Crippen LogP contribution >= 0.6 is 0 Å². The molecule has 1 heterocycles. The molecule has 4 nitrogen and oxygen atoms in total. The molecule has 1 rings (SSSR count). The Balaban J connectivity index is 2.77. The fraction of sp³-hybridized carbons (Fsp3) is 0.923. The van der Waals surface area contributed by atoms with Crippen LogP contribution in [0.5, 0.6) is 0 Å². The van der Waals surface area contributed by atoms with Gasteiger partial charge in [0, 0.05) is 20.2 Å². The van der Waals surface area contributed by atoms with Gasteiger partial charge in [-0.1, -0.05) is 6.92 Å². The number of ether oxygens (including phenoxy) is 1. The van der Waals surface area contributed by atoms with Crippen LogP contribution in [0.15, 0.2) is 0 Å². The molecule has 0 aromatic heterocycles. The van der Waals surface area contributed by atoms with E-state index in [0.717, 1.165) is 45.4 Å². The Morgan fingerprint density at radius 1 is 1.35 bits per heavy atom. The van der Waals surface area contributed by atoms with Gasteiger partial charge in [-0.05, 0) is 39.3 Å². The van der Waals surface area contributed by atoms with Crippen LogP contribution in [0.2, 0.25) is 0 Å². The first-order chi connectivity index (χ1) is 8.20. The van der Waals surface area contributed by atoms with Crippen LogP contribution in [0.1, 0.15) is 33.1 Å². The van der Waals surface area contributed by atoms with Gasteiger partial charge >= 0.3 is 0 Å². The summed E-state index contributed by atoms with van der Waals surface area (Å²) in [6, 6.07) is 0. The quantitative estimate of drug-likeness (QED) is 0.762.